The summed E-state index contributed by atoms with van der Waals surface area (Å²) < 4.78 is 11.1. The van der Waals surface area contributed by atoms with Crippen molar-refractivity contribution in [2.45, 2.75) is 20.8 Å². The molecule has 0 saturated heterocycles. The third-order valence-corrected chi connectivity index (χ3v) is 5.98. The molecular weight excluding hydrogens is 482 g/mol. The number of amides is 2. The van der Waals surface area contributed by atoms with E-state index in [1.807, 2.05) is 57.2 Å². The molecule has 8 nitrogen and oxygen atoms in total. The van der Waals surface area contributed by atoms with Crippen LogP contribution in [0.5, 0.6) is 17.2 Å². The van der Waals surface area contributed by atoms with E-state index < -0.39 is 5.91 Å². The standard InChI is InChI=1S/C30H29N3O5/c1-18-11-19(2)29(20(3)12-18)32-28(35)17-38-26-10-9-21(13-27(26)37-4)16-31-33-30(36)24-14-22-7-5-6-8-23(22)15-25(24)34/h5-16,34H,17H2,1-4H3,(H,32,35)(H,33,36). The Morgan fingerprint density at radius 3 is 2.29 bits per heavy atom. The van der Waals surface area contributed by atoms with E-state index in [9.17, 15) is 14.7 Å². The summed E-state index contributed by atoms with van der Waals surface area (Å²) in [6.07, 6.45) is 1.44. The molecule has 194 valence electrons. The largest absolute Gasteiger partial charge is 0.507 e. The summed E-state index contributed by atoms with van der Waals surface area (Å²) in [7, 11) is 1.49. The monoisotopic (exact) mass is 511 g/mol. The number of fused-ring (bicyclic) bond motifs is 1. The molecule has 8 heteroatoms. The maximum absolute atomic E-state index is 12.5. The maximum Gasteiger partial charge on any atom is 0.275 e. The van der Waals surface area contributed by atoms with Gasteiger partial charge in [0.25, 0.3) is 11.8 Å². The molecule has 0 aromatic heterocycles. The van der Waals surface area contributed by atoms with Crippen molar-refractivity contribution >= 4 is 34.5 Å². The van der Waals surface area contributed by atoms with Crippen molar-refractivity contribution in [3.05, 3.63) is 94.5 Å². The predicted octanol–water partition coefficient (Wildman–Crippen LogP) is 5.26. The van der Waals surface area contributed by atoms with Crippen molar-refractivity contribution in [1.82, 2.24) is 5.43 Å². The maximum atomic E-state index is 12.5. The number of phenolic OH excluding ortho intramolecular Hbond substituents is 1. The topological polar surface area (TPSA) is 109 Å². The number of nitrogens with one attached hydrogen (secondary N) is 2. The first kappa shape index (κ1) is 26.2. The predicted molar refractivity (Wildman–Crippen MR) is 148 cm³/mol. The summed E-state index contributed by atoms with van der Waals surface area (Å²) in [5.74, 6) is -0.157. The van der Waals surface area contributed by atoms with Crippen molar-refractivity contribution in [2.24, 2.45) is 5.10 Å². The Morgan fingerprint density at radius 2 is 1.61 bits per heavy atom. The van der Waals surface area contributed by atoms with E-state index in [0.29, 0.717) is 17.1 Å². The van der Waals surface area contributed by atoms with E-state index in [2.05, 4.69) is 15.8 Å². The zero-order chi connectivity index (χ0) is 27.2. The highest BCUT2D eigenvalue weighted by molar-refractivity contribution is 6.01. The Kier molecular flexibility index (Phi) is 7.91. The second-order valence-electron chi connectivity index (χ2n) is 8.94. The quantitative estimate of drug-likeness (QED) is 0.221. The van der Waals surface area contributed by atoms with Crippen LogP contribution in [0.15, 0.2) is 71.8 Å². The molecule has 0 aliphatic heterocycles. The fraction of sp³-hybridized carbons (Fsp3) is 0.167. The fourth-order valence-electron chi connectivity index (χ4n) is 4.22. The van der Waals surface area contributed by atoms with Gasteiger partial charge < -0.3 is 19.9 Å². The van der Waals surface area contributed by atoms with Gasteiger partial charge in [-0.25, -0.2) is 5.43 Å². The van der Waals surface area contributed by atoms with Crippen LogP contribution in [0, 0.1) is 20.8 Å². The SMILES string of the molecule is COc1cc(C=NNC(=O)c2cc3ccccc3cc2O)ccc1OCC(=O)Nc1c(C)cc(C)cc1C. The highest BCUT2D eigenvalue weighted by Gasteiger charge is 2.13. The molecule has 0 spiro atoms. The summed E-state index contributed by atoms with van der Waals surface area (Å²) in [6.45, 7) is 5.72. The number of methoxy groups -OCH3 is 1. The Morgan fingerprint density at radius 1 is 0.921 bits per heavy atom. The first-order valence-corrected chi connectivity index (χ1v) is 12.0. The number of rotatable bonds is 8. The van der Waals surface area contributed by atoms with Gasteiger partial charge in [0, 0.05) is 5.69 Å². The number of benzene rings is 4. The number of hydrogen-bond donors (Lipinski definition) is 3. The normalized spacial score (nSPS) is 10.9. The minimum atomic E-state index is -0.540. The number of aryl methyl sites for hydroxylation is 3. The first-order chi connectivity index (χ1) is 18.2. The lowest BCUT2D eigenvalue weighted by molar-refractivity contribution is -0.118. The lowest BCUT2D eigenvalue weighted by Gasteiger charge is -2.14. The molecule has 4 aromatic rings. The van der Waals surface area contributed by atoms with E-state index in [-0.39, 0.29) is 23.8 Å². The third kappa shape index (κ3) is 6.10. The van der Waals surface area contributed by atoms with Gasteiger partial charge in [-0.15, -0.1) is 0 Å². The average Bonchev–Trinajstić information content (AvgIpc) is 2.89. The van der Waals surface area contributed by atoms with Gasteiger partial charge in [0.2, 0.25) is 0 Å². The van der Waals surface area contributed by atoms with E-state index >= 15 is 0 Å². The molecule has 0 aliphatic carbocycles. The molecule has 0 radical (unpaired) electrons. The molecule has 0 aliphatic rings. The minimum absolute atomic E-state index is 0.122. The van der Waals surface area contributed by atoms with Crippen molar-refractivity contribution < 1.29 is 24.2 Å². The molecule has 0 heterocycles. The number of anilines is 1. The van der Waals surface area contributed by atoms with Crippen molar-refractivity contribution in [3.63, 3.8) is 0 Å². The first-order valence-electron chi connectivity index (χ1n) is 12.0. The summed E-state index contributed by atoms with van der Waals surface area (Å²) in [4.78, 5) is 25.1. The number of phenols is 1. The van der Waals surface area contributed by atoms with Crippen LogP contribution < -0.4 is 20.2 Å². The number of carbonyl (C=O) groups excluding carboxylic acids is 2. The summed E-state index contributed by atoms with van der Waals surface area (Å²) >= 11 is 0. The number of hydrogen-bond acceptors (Lipinski definition) is 6. The van der Waals surface area contributed by atoms with Gasteiger partial charge in [0.1, 0.15) is 5.75 Å². The van der Waals surface area contributed by atoms with Gasteiger partial charge in [-0.3, -0.25) is 9.59 Å². The van der Waals surface area contributed by atoms with Crippen LogP contribution in [0.1, 0.15) is 32.6 Å². The van der Waals surface area contributed by atoms with Gasteiger partial charge in [-0.2, -0.15) is 5.10 Å². The molecule has 2 amide bonds. The fourth-order valence-corrected chi connectivity index (χ4v) is 4.22. The van der Waals surface area contributed by atoms with Crippen LogP contribution in [0.3, 0.4) is 0 Å². The molecule has 4 aromatic carbocycles. The van der Waals surface area contributed by atoms with Crippen LogP contribution in [0.2, 0.25) is 0 Å². The summed E-state index contributed by atoms with van der Waals surface area (Å²) in [5, 5.41) is 18.8. The Balaban J connectivity index is 1.38. The van der Waals surface area contributed by atoms with E-state index in [1.54, 1.807) is 30.3 Å². The number of carbonyl (C=O) groups is 2. The Hall–Kier alpha value is -4.85. The Labute approximate surface area is 220 Å². The minimum Gasteiger partial charge on any atom is -0.507 e. The molecule has 0 fully saturated rings. The van der Waals surface area contributed by atoms with Gasteiger partial charge in [0.15, 0.2) is 18.1 Å². The number of nitrogens with zero attached hydrogens (tertiary/aromatic N) is 1. The van der Waals surface area contributed by atoms with E-state index in [0.717, 1.165) is 33.2 Å². The van der Waals surface area contributed by atoms with Crippen LogP contribution in [0.25, 0.3) is 10.8 Å². The van der Waals surface area contributed by atoms with Crippen molar-refractivity contribution in [1.29, 1.82) is 0 Å². The zero-order valence-electron chi connectivity index (χ0n) is 21.7. The second-order valence-corrected chi connectivity index (χ2v) is 8.94. The molecule has 3 N–H and O–H groups in total. The Bertz CT molecular complexity index is 1520. The van der Waals surface area contributed by atoms with Crippen LogP contribution in [-0.2, 0) is 4.79 Å². The molecule has 4 rings (SSSR count). The smallest absolute Gasteiger partial charge is 0.275 e. The molecular formula is C30H29N3O5. The summed E-state index contributed by atoms with van der Waals surface area (Å²) in [6, 6.07) is 19.7. The van der Waals surface area contributed by atoms with Gasteiger partial charge >= 0.3 is 0 Å². The molecule has 0 atom stereocenters. The van der Waals surface area contributed by atoms with E-state index in [1.165, 1.54) is 13.3 Å². The van der Waals surface area contributed by atoms with E-state index in [4.69, 9.17) is 9.47 Å². The molecule has 38 heavy (non-hydrogen) atoms. The second kappa shape index (κ2) is 11.5. The molecule has 0 saturated carbocycles. The van der Waals surface area contributed by atoms with Gasteiger partial charge in [0.05, 0.1) is 18.9 Å². The number of aromatic hydroxyl groups is 1. The third-order valence-electron chi connectivity index (χ3n) is 5.98. The molecule has 0 unspecified atom stereocenters. The molecule has 0 bridgehead atoms. The lowest BCUT2D eigenvalue weighted by Crippen LogP contribution is -2.21. The van der Waals surface area contributed by atoms with Gasteiger partial charge in [-0.05, 0) is 78.6 Å². The van der Waals surface area contributed by atoms with Crippen LogP contribution in [0.4, 0.5) is 5.69 Å². The average molecular weight is 512 g/mol. The van der Waals surface area contributed by atoms with Crippen LogP contribution in [-0.4, -0.2) is 36.9 Å². The number of ether oxygens (including phenoxy) is 2. The highest BCUT2D eigenvalue weighted by atomic mass is 16.5. The summed E-state index contributed by atoms with van der Waals surface area (Å²) in [5.41, 5.74) is 7.07. The lowest BCUT2D eigenvalue weighted by atomic mass is 10.1. The number of hydrazone groups is 1. The zero-order valence-corrected chi connectivity index (χ0v) is 21.7. The van der Waals surface area contributed by atoms with Crippen molar-refractivity contribution in [3.8, 4) is 17.2 Å². The van der Waals surface area contributed by atoms with Crippen molar-refractivity contribution in [2.75, 3.05) is 19.0 Å². The van der Waals surface area contributed by atoms with Gasteiger partial charge in [-0.1, -0.05) is 42.0 Å². The highest BCUT2D eigenvalue weighted by Crippen LogP contribution is 2.28. The van der Waals surface area contributed by atoms with Crippen LogP contribution >= 0.6 is 0 Å².